The van der Waals surface area contributed by atoms with Crippen molar-refractivity contribution in [3.8, 4) is 0 Å². The summed E-state index contributed by atoms with van der Waals surface area (Å²) in [5, 5.41) is 3.07. The normalized spacial score (nSPS) is 12.6. The molecule has 0 heterocycles. The molecule has 0 saturated carbocycles. The molecule has 0 aromatic heterocycles. The molecule has 11 heavy (non-hydrogen) atoms. The first-order chi connectivity index (χ1) is 5.24. The van der Waals surface area contributed by atoms with E-state index in [-0.39, 0.29) is 6.04 Å². The second-order valence-electron chi connectivity index (χ2n) is 2.66. The van der Waals surface area contributed by atoms with Gasteiger partial charge in [-0.2, -0.15) is 0 Å². The van der Waals surface area contributed by atoms with E-state index in [0.29, 0.717) is 0 Å². The summed E-state index contributed by atoms with van der Waals surface area (Å²) in [7, 11) is 1.90. The zero-order valence-electron chi connectivity index (χ0n) is 6.96. The Morgan fingerprint density at radius 2 is 2.18 bits per heavy atom. The van der Waals surface area contributed by atoms with Crippen LogP contribution in [0.1, 0.15) is 18.5 Å². The van der Waals surface area contributed by atoms with Crippen molar-refractivity contribution >= 4 is 5.69 Å². The van der Waals surface area contributed by atoms with Crippen LogP contribution in [-0.4, -0.2) is 7.05 Å². The van der Waals surface area contributed by atoms with E-state index < -0.39 is 0 Å². The lowest BCUT2D eigenvalue weighted by molar-refractivity contribution is 0.818. The first-order valence-electron chi connectivity index (χ1n) is 3.77. The topological polar surface area (TPSA) is 38.0 Å². The average Bonchev–Trinajstić information content (AvgIpc) is 2.05. The van der Waals surface area contributed by atoms with Crippen molar-refractivity contribution in [2.45, 2.75) is 13.0 Å². The summed E-state index contributed by atoms with van der Waals surface area (Å²) in [6, 6.07) is 8.23. The molecule has 0 unspecified atom stereocenters. The molecule has 3 N–H and O–H groups in total. The van der Waals surface area contributed by atoms with Crippen LogP contribution in [0.25, 0.3) is 0 Å². The molecule has 0 amide bonds. The zero-order valence-corrected chi connectivity index (χ0v) is 6.96. The SMILES string of the molecule is CNc1cccc([C@H](C)N)c1. The fraction of sp³-hybridized carbons (Fsp3) is 0.333. The third kappa shape index (κ3) is 1.95. The lowest BCUT2D eigenvalue weighted by Crippen LogP contribution is -2.04. The van der Waals surface area contributed by atoms with E-state index in [1.165, 1.54) is 0 Å². The molecule has 0 aliphatic rings. The third-order valence-electron chi connectivity index (χ3n) is 1.70. The molecule has 0 aliphatic heterocycles. The molecule has 0 bridgehead atoms. The lowest BCUT2D eigenvalue weighted by Gasteiger charge is -2.07. The minimum atomic E-state index is 0.114. The predicted octanol–water partition coefficient (Wildman–Crippen LogP) is 1.75. The summed E-state index contributed by atoms with van der Waals surface area (Å²) in [5.41, 5.74) is 7.98. The Bertz CT molecular complexity index is 231. The second kappa shape index (κ2) is 3.39. The number of anilines is 1. The van der Waals surface area contributed by atoms with Crippen LogP contribution < -0.4 is 11.1 Å². The first kappa shape index (κ1) is 8.08. The summed E-state index contributed by atoms with van der Waals surface area (Å²) in [4.78, 5) is 0. The van der Waals surface area contributed by atoms with Crippen LogP contribution in [0.3, 0.4) is 0 Å². The van der Waals surface area contributed by atoms with Crippen LogP contribution in [0.5, 0.6) is 0 Å². The van der Waals surface area contributed by atoms with Crippen LogP contribution in [0, 0.1) is 0 Å². The van der Waals surface area contributed by atoms with Gasteiger partial charge in [0.25, 0.3) is 0 Å². The van der Waals surface area contributed by atoms with Crippen molar-refractivity contribution in [3.63, 3.8) is 0 Å². The van der Waals surface area contributed by atoms with Crippen LogP contribution in [0.4, 0.5) is 5.69 Å². The van der Waals surface area contributed by atoms with Gasteiger partial charge in [0.1, 0.15) is 0 Å². The summed E-state index contributed by atoms with van der Waals surface area (Å²) in [5.74, 6) is 0. The number of hydrogen-bond acceptors (Lipinski definition) is 2. The third-order valence-corrected chi connectivity index (χ3v) is 1.70. The quantitative estimate of drug-likeness (QED) is 0.674. The fourth-order valence-corrected chi connectivity index (χ4v) is 0.977. The Labute approximate surface area is 67.4 Å². The van der Waals surface area contributed by atoms with Gasteiger partial charge in [0.05, 0.1) is 0 Å². The van der Waals surface area contributed by atoms with Crippen LogP contribution in [0.15, 0.2) is 24.3 Å². The van der Waals surface area contributed by atoms with Gasteiger partial charge in [0.15, 0.2) is 0 Å². The van der Waals surface area contributed by atoms with Crippen LogP contribution >= 0.6 is 0 Å². The molecule has 1 aromatic carbocycles. The van der Waals surface area contributed by atoms with E-state index in [2.05, 4.69) is 11.4 Å². The van der Waals surface area contributed by atoms with Gasteiger partial charge in [0, 0.05) is 18.8 Å². The Morgan fingerprint density at radius 1 is 1.45 bits per heavy atom. The van der Waals surface area contributed by atoms with Gasteiger partial charge in [-0.1, -0.05) is 12.1 Å². The Morgan fingerprint density at radius 3 is 2.73 bits per heavy atom. The van der Waals surface area contributed by atoms with E-state index in [1.54, 1.807) is 0 Å². The highest BCUT2D eigenvalue weighted by molar-refractivity contribution is 5.45. The van der Waals surface area contributed by atoms with Crippen LogP contribution in [-0.2, 0) is 0 Å². The molecule has 2 heteroatoms. The highest BCUT2D eigenvalue weighted by Gasteiger charge is 1.97. The van der Waals surface area contributed by atoms with E-state index in [9.17, 15) is 0 Å². The van der Waals surface area contributed by atoms with Gasteiger partial charge in [-0.25, -0.2) is 0 Å². The largest absolute Gasteiger partial charge is 0.388 e. The molecular formula is C9H14N2. The standard InChI is InChI=1S/C9H14N2/c1-7(10)8-4-3-5-9(6-8)11-2/h3-7,11H,10H2,1-2H3/t7-/m0/s1. The van der Waals surface area contributed by atoms with Crippen molar-refractivity contribution in [2.75, 3.05) is 12.4 Å². The maximum atomic E-state index is 5.71. The Balaban J connectivity index is 2.91. The molecular weight excluding hydrogens is 136 g/mol. The monoisotopic (exact) mass is 150 g/mol. The Kier molecular flexibility index (Phi) is 2.49. The molecule has 0 spiro atoms. The number of hydrogen-bond donors (Lipinski definition) is 2. The van der Waals surface area contributed by atoms with Crippen molar-refractivity contribution in [2.24, 2.45) is 5.73 Å². The summed E-state index contributed by atoms with van der Waals surface area (Å²) < 4.78 is 0. The molecule has 2 nitrogen and oxygen atoms in total. The minimum Gasteiger partial charge on any atom is -0.388 e. The Hall–Kier alpha value is -1.02. The second-order valence-corrected chi connectivity index (χ2v) is 2.66. The van der Waals surface area contributed by atoms with E-state index in [0.717, 1.165) is 11.3 Å². The first-order valence-corrected chi connectivity index (χ1v) is 3.77. The summed E-state index contributed by atoms with van der Waals surface area (Å²) >= 11 is 0. The van der Waals surface area contributed by atoms with E-state index in [1.807, 2.05) is 32.2 Å². The van der Waals surface area contributed by atoms with Gasteiger partial charge in [-0.15, -0.1) is 0 Å². The average molecular weight is 150 g/mol. The maximum absolute atomic E-state index is 5.71. The van der Waals surface area contributed by atoms with Crippen molar-refractivity contribution < 1.29 is 0 Å². The number of benzene rings is 1. The zero-order chi connectivity index (χ0) is 8.27. The predicted molar refractivity (Wildman–Crippen MR) is 48.6 cm³/mol. The summed E-state index contributed by atoms with van der Waals surface area (Å²) in [6.07, 6.45) is 0. The molecule has 0 saturated heterocycles. The fourth-order valence-electron chi connectivity index (χ4n) is 0.977. The van der Waals surface area contributed by atoms with Gasteiger partial charge >= 0.3 is 0 Å². The number of nitrogens with two attached hydrogens (primary N) is 1. The smallest absolute Gasteiger partial charge is 0.0340 e. The molecule has 1 aromatic rings. The van der Waals surface area contributed by atoms with E-state index in [4.69, 9.17) is 5.73 Å². The molecule has 60 valence electrons. The van der Waals surface area contributed by atoms with Gasteiger partial charge in [-0.05, 0) is 24.6 Å². The van der Waals surface area contributed by atoms with Gasteiger partial charge < -0.3 is 11.1 Å². The molecule has 1 atom stereocenters. The highest BCUT2D eigenvalue weighted by atomic mass is 14.8. The molecule has 0 fully saturated rings. The van der Waals surface area contributed by atoms with Crippen molar-refractivity contribution in [1.29, 1.82) is 0 Å². The minimum absolute atomic E-state index is 0.114. The number of nitrogens with one attached hydrogen (secondary N) is 1. The van der Waals surface area contributed by atoms with Crippen molar-refractivity contribution in [1.82, 2.24) is 0 Å². The van der Waals surface area contributed by atoms with E-state index >= 15 is 0 Å². The molecule has 1 rings (SSSR count). The summed E-state index contributed by atoms with van der Waals surface area (Å²) in [6.45, 7) is 1.98. The maximum Gasteiger partial charge on any atom is 0.0340 e. The molecule has 0 radical (unpaired) electrons. The van der Waals surface area contributed by atoms with Crippen molar-refractivity contribution in [3.05, 3.63) is 29.8 Å². The van der Waals surface area contributed by atoms with Gasteiger partial charge in [-0.3, -0.25) is 0 Å². The highest BCUT2D eigenvalue weighted by Crippen LogP contribution is 2.14. The lowest BCUT2D eigenvalue weighted by atomic mass is 10.1. The van der Waals surface area contributed by atoms with Crippen LogP contribution in [0.2, 0.25) is 0 Å². The molecule has 0 aliphatic carbocycles. The van der Waals surface area contributed by atoms with Gasteiger partial charge in [0.2, 0.25) is 0 Å². The number of rotatable bonds is 2.